The number of nitrogens with zero attached hydrogens (tertiary/aromatic N) is 3. The number of fused-ring (bicyclic) bond motifs is 2. The van der Waals surface area contributed by atoms with Crippen LogP contribution in [0.5, 0.6) is 0 Å². The predicted octanol–water partition coefficient (Wildman–Crippen LogP) is 4.90. The van der Waals surface area contributed by atoms with Crippen LogP contribution in [0.2, 0.25) is 5.02 Å². The number of halogens is 1. The minimum Gasteiger partial charge on any atom is -0.304 e. The van der Waals surface area contributed by atoms with Crippen LogP contribution < -0.4 is 5.32 Å². The molecule has 2 heterocycles. The summed E-state index contributed by atoms with van der Waals surface area (Å²) in [7, 11) is 0. The lowest BCUT2D eigenvalue weighted by molar-refractivity contribution is 0.102. The van der Waals surface area contributed by atoms with Crippen molar-refractivity contribution in [2.75, 3.05) is 5.32 Å². The summed E-state index contributed by atoms with van der Waals surface area (Å²) in [6, 6.07) is 16.9. The summed E-state index contributed by atoms with van der Waals surface area (Å²) in [5.74, 6) is 0.212. The Morgan fingerprint density at radius 1 is 1.15 bits per heavy atom. The van der Waals surface area contributed by atoms with Crippen molar-refractivity contribution in [2.45, 2.75) is 19.9 Å². The van der Waals surface area contributed by atoms with Gasteiger partial charge in [-0.1, -0.05) is 48.9 Å². The SMILES string of the molecule is CCCn1nc(NC(=O)c2ccccc2Cl)c2cc3ccccc3nc21. The summed E-state index contributed by atoms with van der Waals surface area (Å²) in [6.07, 6.45) is 0.920. The van der Waals surface area contributed by atoms with Crippen LogP contribution in [0.4, 0.5) is 5.82 Å². The highest BCUT2D eigenvalue weighted by Gasteiger charge is 2.17. The number of amides is 1. The average Bonchev–Trinajstić information content (AvgIpc) is 2.97. The van der Waals surface area contributed by atoms with E-state index in [0.29, 0.717) is 16.4 Å². The molecule has 0 aliphatic carbocycles. The van der Waals surface area contributed by atoms with Gasteiger partial charge < -0.3 is 5.32 Å². The Morgan fingerprint density at radius 3 is 2.73 bits per heavy atom. The van der Waals surface area contributed by atoms with Crippen molar-refractivity contribution >= 4 is 45.3 Å². The number of aromatic nitrogens is 3. The number of para-hydroxylation sites is 1. The Bertz CT molecular complexity index is 1120. The molecule has 0 aliphatic rings. The number of nitrogens with one attached hydrogen (secondary N) is 1. The minimum absolute atomic E-state index is 0.285. The number of carbonyl (C=O) groups is 1. The van der Waals surface area contributed by atoms with E-state index in [0.717, 1.165) is 34.9 Å². The number of anilines is 1. The van der Waals surface area contributed by atoms with E-state index in [1.165, 1.54) is 0 Å². The van der Waals surface area contributed by atoms with E-state index < -0.39 is 0 Å². The quantitative estimate of drug-likeness (QED) is 0.560. The number of aryl methyl sites for hydroxylation is 1. The zero-order valence-corrected chi connectivity index (χ0v) is 15.0. The number of hydrogen-bond acceptors (Lipinski definition) is 3. The Labute approximate surface area is 155 Å². The van der Waals surface area contributed by atoms with E-state index in [2.05, 4.69) is 17.3 Å². The standard InChI is InChI=1S/C20H17ClN4O/c1-2-11-25-19-15(12-13-7-3-6-10-17(13)22-19)18(24-25)23-20(26)14-8-4-5-9-16(14)21/h3-10,12H,2,11H2,1H3,(H,23,24,26). The first-order chi connectivity index (χ1) is 12.7. The van der Waals surface area contributed by atoms with Crippen LogP contribution in [0, 0.1) is 0 Å². The third-order valence-electron chi connectivity index (χ3n) is 4.21. The lowest BCUT2D eigenvalue weighted by Gasteiger charge is -2.04. The normalized spacial score (nSPS) is 11.2. The minimum atomic E-state index is -0.285. The van der Waals surface area contributed by atoms with Gasteiger partial charge in [0.15, 0.2) is 11.5 Å². The van der Waals surface area contributed by atoms with Crippen molar-refractivity contribution in [1.29, 1.82) is 0 Å². The van der Waals surface area contributed by atoms with Crippen LogP contribution in [0.15, 0.2) is 54.6 Å². The van der Waals surface area contributed by atoms with Gasteiger partial charge >= 0.3 is 0 Å². The fourth-order valence-corrected chi connectivity index (χ4v) is 3.20. The van der Waals surface area contributed by atoms with Crippen LogP contribution in [0.1, 0.15) is 23.7 Å². The van der Waals surface area contributed by atoms with Crippen molar-refractivity contribution in [3.05, 3.63) is 65.2 Å². The molecule has 6 heteroatoms. The van der Waals surface area contributed by atoms with Gasteiger partial charge in [0.05, 0.1) is 21.5 Å². The fourth-order valence-electron chi connectivity index (χ4n) is 2.98. The molecule has 26 heavy (non-hydrogen) atoms. The maximum absolute atomic E-state index is 12.6. The lowest BCUT2D eigenvalue weighted by Crippen LogP contribution is -2.13. The maximum atomic E-state index is 12.6. The molecule has 0 fully saturated rings. The van der Waals surface area contributed by atoms with Crippen LogP contribution in [0.25, 0.3) is 21.9 Å². The van der Waals surface area contributed by atoms with E-state index in [1.54, 1.807) is 24.3 Å². The molecule has 0 atom stereocenters. The van der Waals surface area contributed by atoms with Gasteiger partial charge in [-0.25, -0.2) is 9.67 Å². The highest BCUT2D eigenvalue weighted by atomic mass is 35.5. The van der Waals surface area contributed by atoms with Gasteiger partial charge in [-0.05, 0) is 30.7 Å². The first kappa shape index (κ1) is 16.5. The van der Waals surface area contributed by atoms with Crippen LogP contribution in [-0.2, 0) is 6.54 Å². The third-order valence-corrected chi connectivity index (χ3v) is 4.54. The highest BCUT2D eigenvalue weighted by Crippen LogP contribution is 2.27. The molecule has 0 unspecified atom stereocenters. The molecule has 5 nitrogen and oxygen atoms in total. The second-order valence-electron chi connectivity index (χ2n) is 6.06. The summed E-state index contributed by atoms with van der Waals surface area (Å²) in [5, 5.41) is 9.70. The molecular weight excluding hydrogens is 348 g/mol. The first-order valence-corrected chi connectivity index (χ1v) is 8.87. The Morgan fingerprint density at radius 2 is 1.92 bits per heavy atom. The first-order valence-electron chi connectivity index (χ1n) is 8.49. The van der Waals surface area contributed by atoms with Crippen molar-refractivity contribution < 1.29 is 4.79 Å². The molecule has 1 N–H and O–H groups in total. The molecule has 2 aromatic carbocycles. The Balaban J connectivity index is 1.82. The average molecular weight is 365 g/mol. The summed E-state index contributed by atoms with van der Waals surface area (Å²) in [6.45, 7) is 2.81. The van der Waals surface area contributed by atoms with Gasteiger partial charge in [-0.3, -0.25) is 4.79 Å². The van der Waals surface area contributed by atoms with E-state index in [9.17, 15) is 4.79 Å². The lowest BCUT2D eigenvalue weighted by atomic mass is 10.2. The third kappa shape index (κ3) is 2.91. The van der Waals surface area contributed by atoms with Crippen LogP contribution >= 0.6 is 11.6 Å². The van der Waals surface area contributed by atoms with Gasteiger partial charge in [-0.2, -0.15) is 5.10 Å². The van der Waals surface area contributed by atoms with Gasteiger partial charge in [-0.15, -0.1) is 0 Å². The van der Waals surface area contributed by atoms with Gasteiger partial charge in [0.1, 0.15) is 0 Å². The van der Waals surface area contributed by atoms with Crippen molar-refractivity contribution in [3.8, 4) is 0 Å². The van der Waals surface area contributed by atoms with Gasteiger partial charge in [0.2, 0.25) is 0 Å². The van der Waals surface area contributed by atoms with E-state index in [1.807, 2.05) is 35.0 Å². The van der Waals surface area contributed by atoms with E-state index in [4.69, 9.17) is 16.6 Å². The van der Waals surface area contributed by atoms with Gasteiger partial charge in [0.25, 0.3) is 5.91 Å². The largest absolute Gasteiger partial charge is 0.304 e. The van der Waals surface area contributed by atoms with Crippen molar-refractivity contribution in [3.63, 3.8) is 0 Å². The summed E-state index contributed by atoms with van der Waals surface area (Å²) in [4.78, 5) is 17.4. The number of benzene rings is 2. The molecule has 4 rings (SSSR count). The molecule has 0 radical (unpaired) electrons. The second-order valence-corrected chi connectivity index (χ2v) is 6.47. The molecular formula is C20H17ClN4O. The molecule has 2 aromatic heterocycles. The van der Waals surface area contributed by atoms with Crippen LogP contribution in [-0.4, -0.2) is 20.7 Å². The summed E-state index contributed by atoms with van der Waals surface area (Å²) in [5.41, 5.74) is 2.09. The number of hydrogen-bond donors (Lipinski definition) is 1. The summed E-state index contributed by atoms with van der Waals surface area (Å²) < 4.78 is 1.84. The molecule has 130 valence electrons. The van der Waals surface area contributed by atoms with Crippen molar-refractivity contribution in [2.24, 2.45) is 0 Å². The topological polar surface area (TPSA) is 59.8 Å². The molecule has 0 saturated heterocycles. The Hall–Kier alpha value is -2.92. The van der Waals surface area contributed by atoms with E-state index in [-0.39, 0.29) is 5.91 Å². The molecule has 4 aromatic rings. The highest BCUT2D eigenvalue weighted by molar-refractivity contribution is 6.34. The fraction of sp³-hybridized carbons (Fsp3) is 0.150. The molecule has 0 bridgehead atoms. The van der Waals surface area contributed by atoms with Gasteiger partial charge in [0, 0.05) is 11.9 Å². The van der Waals surface area contributed by atoms with E-state index >= 15 is 0 Å². The van der Waals surface area contributed by atoms with Crippen molar-refractivity contribution in [1.82, 2.24) is 14.8 Å². The molecule has 1 amide bonds. The molecule has 0 aliphatic heterocycles. The number of pyridine rings is 1. The maximum Gasteiger partial charge on any atom is 0.258 e. The summed E-state index contributed by atoms with van der Waals surface area (Å²) >= 11 is 6.14. The monoisotopic (exact) mass is 364 g/mol. The number of carbonyl (C=O) groups excluding carboxylic acids is 1. The second kappa shape index (κ2) is 6.77. The Kier molecular flexibility index (Phi) is 4.31. The zero-order chi connectivity index (χ0) is 18.1. The van der Waals surface area contributed by atoms with Crippen LogP contribution in [0.3, 0.4) is 0 Å². The number of rotatable bonds is 4. The zero-order valence-electron chi connectivity index (χ0n) is 14.2. The smallest absolute Gasteiger partial charge is 0.258 e. The molecule has 0 saturated carbocycles. The predicted molar refractivity (Wildman–Crippen MR) is 105 cm³/mol. The molecule has 0 spiro atoms.